The van der Waals surface area contributed by atoms with Crippen molar-refractivity contribution in [3.63, 3.8) is 0 Å². The van der Waals surface area contributed by atoms with Gasteiger partial charge in [0.15, 0.2) is 0 Å². The van der Waals surface area contributed by atoms with Crippen molar-refractivity contribution in [2.45, 2.75) is 6.54 Å². The Kier molecular flexibility index (Phi) is 5.63. The Morgan fingerprint density at radius 3 is 2.47 bits per heavy atom. The predicted molar refractivity (Wildman–Crippen MR) is 121 cm³/mol. The van der Waals surface area contributed by atoms with Crippen LogP contribution in [0.4, 0.5) is 5.69 Å². The summed E-state index contributed by atoms with van der Waals surface area (Å²) in [7, 11) is 1.60. The predicted octanol–water partition coefficient (Wildman–Crippen LogP) is 4.47. The average Bonchev–Trinajstić information content (AvgIpc) is 2.76. The smallest absolute Gasteiger partial charge is 0.275 e. The first-order valence-corrected chi connectivity index (χ1v) is 10.0. The van der Waals surface area contributed by atoms with Crippen molar-refractivity contribution in [1.29, 1.82) is 0 Å². The van der Waals surface area contributed by atoms with Crippen molar-refractivity contribution >= 4 is 38.3 Å². The molecule has 30 heavy (non-hydrogen) atoms. The Morgan fingerprint density at radius 2 is 1.77 bits per heavy atom. The molecule has 7 heteroatoms. The zero-order valence-corrected chi connectivity index (χ0v) is 17.7. The minimum absolute atomic E-state index is 0.195. The Bertz CT molecular complexity index is 1280. The average molecular weight is 464 g/mol. The summed E-state index contributed by atoms with van der Waals surface area (Å²) in [5, 5.41) is 8.55. The first kappa shape index (κ1) is 19.8. The zero-order valence-electron chi connectivity index (χ0n) is 16.1. The first-order chi connectivity index (χ1) is 14.5. The topological polar surface area (TPSA) is 73.2 Å². The fourth-order valence-corrected chi connectivity index (χ4v) is 3.61. The number of fused-ring (bicyclic) bond motifs is 1. The lowest BCUT2D eigenvalue weighted by Crippen LogP contribution is -2.30. The van der Waals surface area contributed by atoms with Crippen LogP contribution in [0.3, 0.4) is 0 Å². The third-order valence-corrected chi connectivity index (χ3v) is 5.13. The molecule has 1 aromatic heterocycles. The van der Waals surface area contributed by atoms with Crippen LogP contribution in [0.25, 0.3) is 22.0 Å². The molecule has 4 rings (SSSR count). The maximum Gasteiger partial charge on any atom is 0.275 e. The number of carbonyl (C=O) groups excluding carboxylic acids is 1. The SMILES string of the molecule is COc1ccc(-c2nn(CC(=O)Nc3cccc(Br)c3)c(=O)c3ccccc23)cc1. The molecule has 1 heterocycles. The highest BCUT2D eigenvalue weighted by Crippen LogP contribution is 2.26. The number of rotatable bonds is 5. The fraction of sp³-hybridized carbons (Fsp3) is 0.0870. The van der Waals surface area contributed by atoms with Crippen molar-refractivity contribution < 1.29 is 9.53 Å². The van der Waals surface area contributed by atoms with Crippen LogP contribution in [0.1, 0.15) is 0 Å². The van der Waals surface area contributed by atoms with Crippen LogP contribution in [-0.2, 0) is 11.3 Å². The van der Waals surface area contributed by atoms with Gasteiger partial charge in [-0.15, -0.1) is 0 Å². The van der Waals surface area contributed by atoms with Crippen LogP contribution in [0, 0.1) is 0 Å². The highest BCUT2D eigenvalue weighted by molar-refractivity contribution is 9.10. The maximum absolute atomic E-state index is 12.9. The molecule has 0 saturated heterocycles. The summed E-state index contributed by atoms with van der Waals surface area (Å²) in [5.74, 6) is 0.392. The van der Waals surface area contributed by atoms with E-state index in [-0.39, 0.29) is 18.0 Å². The largest absolute Gasteiger partial charge is 0.497 e. The summed E-state index contributed by atoms with van der Waals surface area (Å²) in [6.07, 6.45) is 0. The van der Waals surface area contributed by atoms with E-state index < -0.39 is 0 Å². The van der Waals surface area contributed by atoms with E-state index in [0.717, 1.165) is 21.2 Å². The van der Waals surface area contributed by atoms with Crippen molar-refractivity contribution in [3.05, 3.63) is 87.6 Å². The van der Waals surface area contributed by atoms with E-state index in [1.807, 2.05) is 48.5 Å². The lowest BCUT2D eigenvalue weighted by Gasteiger charge is -2.12. The van der Waals surface area contributed by atoms with Gasteiger partial charge in [0.2, 0.25) is 5.91 Å². The number of ether oxygens (including phenoxy) is 1. The van der Waals surface area contributed by atoms with Gasteiger partial charge in [-0.25, -0.2) is 4.68 Å². The molecular formula is C23H18BrN3O3. The Balaban J connectivity index is 1.73. The van der Waals surface area contributed by atoms with Crippen molar-refractivity contribution in [2.24, 2.45) is 0 Å². The number of hydrogen-bond acceptors (Lipinski definition) is 4. The van der Waals surface area contributed by atoms with Gasteiger partial charge >= 0.3 is 0 Å². The van der Waals surface area contributed by atoms with E-state index >= 15 is 0 Å². The Morgan fingerprint density at radius 1 is 1.03 bits per heavy atom. The van der Waals surface area contributed by atoms with Crippen LogP contribution in [0.5, 0.6) is 5.75 Å². The van der Waals surface area contributed by atoms with Gasteiger partial charge in [0.05, 0.1) is 18.2 Å². The Hall–Kier alpha value is -3.45. The standard InChI is InChI=1S/C23H18BrN3O3/c1-30-18-11-9-15(10-12-18)22-19-7-2-3-8-20(19)23(29)27(26-22)14-21(28)25-17-6-4-5-16(24)13-17/h2-13H,14H2,1H3,(H,25,28). The quantitative estimate of drug-likeness (QED) is 0.473. The molecule has 0 bridgehead atoms. The molecule has 0 aliphatic carbocycles. The van der Waals surface area contributed by atoms with Crippen LogP contribution < -0.4 is 15.6 Å². The number of amides is 1. The second kappa shape index (κ2) is 8.51. The first-order valence-electron chi connectivity index (χ1n) is 9.25. The van der Waals surface area contributed by atoms with Gasteiger partial charge in [-0.05, 0) is 48.5 Å². The van der Waals surface area contributed by atoms with Crippen LogP contribution in [-0.4, -0.2) is 22.8 Å². The molecule has 0 fully saturated rings. The second-order valence-electron chi connectivity index (χ2n) is 6.64. The van der Waals surface area contributed by atoms with Gasteiger partial charge in [-0.2, -0.15) is 5.10 Å². The summed E-state index contributed by atoms with van der Waals surface area (Å²) in [6, 6.07) is 21.9. The van der Waals surface area contributed by atoms with Crippen molar-refractivity contribution in [2.75, 3.05) is 12.4 Å². The van der Waals surface area contributed by atoms with Gasteiger partial charge in [0.1, 0.15) is 12.3 Å². The summed E-state index contributed by atoms with van der Waals surface area (Å²) < 4.78 is 7.27. The molecule has 0 radical (unpaired) electrons. The maximum atomic E-state index is 12.9. The molecule has 0 atom stereocenters. The van der Waals surface area contributed by atoms with Gasteiger partial charge in [-0.1, -0.05) is 40.2 Å². The second-order valence-corrected chi connectivity index (χ2v) is 7.56. The lowest BCUT2D eigenvalue weighted by molar-refractivity contribution is -0.117. The van der Waals surface area contributed by atoms with Gasteiger partial charge in [-0.3, -0.25) is 9.59 Å². The molecule has 0 unspecified atom stereocenters. The van der Waals surface area contributed by atoms with Gasteiger partial charge in [0.25, 0.3) is 5.56 Å². The molecule has 1 amide bonds. The number of methoxy groups -OCH3 is 1. The number of hydrogen-bond donors (Lipinski definition) is 1. The number of anilines is 1. The lowest BCUT2D eigenvalue weighted by atomic mass is 10.0. The molecule has 4 aromatic rings. The molecular weight excluding hydrogens is 446 g/mol. The van der Waals surface area contributed by atoms with Crippen LogP contribution in [0.2, 0.25) is 0 Å². The monoisotopic (exact) mass is 463 g/mol. The van der Waals surface area contributed by atoms with E-state index in [0.29, 0.717) is 16.8 Å². The summed E-state index contributed by atoms with van der Waals surface area (Å²) in [6.45, 7) is -0.195. The van der Waals surface area contributed by atoms with E-state index in [1.165, 1.54) is 4.68 Å². The number of aromatic nitrogens is 2. The summed E-state index contributed by atoms with van der Waals surface area (Å²) in [5.41, 5.74) is 1.78. The number of benzene rings is 3. The highest BCUT2D eigenvalue weighted by Gasteiger charge is 2.14. The normalized spacial score (nSPS) is 10.7. The third-order valence-electron chi connectivity index (χ3n) is 4.63. The summed E-state index contributed by atoms with van der Waals surface area (Å²) in [4.78, 5) is 25.5. The number of nitrogens with one attached hydrogen (secondary N) is 1. The van der Waals surface area contributed by atoms with Crippen LogP contribution >= 0.6 is 15.9 Å². The number of halogens is 1. The summed E-state index contributed by atoms with van der Waals surface area (Å²) >= 11 is 3.38. The van der Waals surface area contributed by atoms with Gasteiger partial charge in [0, 0.05) is 21.1 Å². The van der Waals surface area contributed by atoms with E-state index in [4.69, 9.17) is 4.74 Å². The van der Waals surface area contributed by atoms with Gasteiger partial charge < -0.3 is 10.1 Å². The molecule has 6 nitrogen and oxygen atoms in total. The van der Waals surface area contributed by atoms with E-state index in [1.54, 1.807) is 31.4 Å². The fourth-order valence-electron chi connectivity index (χ4n) is 3.21. The molecule has 0 aliphatic rings. The van der Waals surface area contributed by atoms with E-state index in [2.05, 4.69) is 26.3 Å². The Labute approximate surface area is 181 Å². The number of nitrogens with zero attached hydrogens (tertiary/aromatic N) is 2. The third kappa shape index (κ3) is 4.11. The molecule has 0 saturated carbocycles. The minimum Gasteiger partial charge on any atom is -0.497 e. The van der Waals surface area contributed by atoms with Crippen molar-refractivity contribution in [3.8, 4) is 17.0 Å². The molecule has 0 spiro atoms. The zero-order chi connectivity index (χ0) is 21.1. The molecule has 1 N–H and O–H groups in total. The van der Waals surface area contributed by atoms with Crippen molar-refractivity contribution in [1.82, 2.24) is 9.78 Å². The number of carbonyl (C=O) groups is 1. The minimum atomic E-state index is -0.335. The highest BCUT2D eigenvalue weighted by atomic mass is 79.9. The molecule has 0 aliphatic heterocycles. The molecule has 3 aromatic carbocycles. The van der Waals surface area contributed by atoms with E-state index in [9.17, 15) is 9.59 Å². The van der Waals surface area contributed by atoms with Crippen LogP contribution in [0.15, 0.2) is 82.1 Å². The molecule has 150 valence electrons.